The van der Waals surface area contributed by atoms with Gasteiger partial charge in [-0.2, -0.15) is 0 Å². The van der Waals surface area contributed by atoms with E-state index in [-0.39, 0.29) is 17.9 Å². The Labute approximate surface area is 106 Å². The summed E-state index contributed by atoms with van der Waals surface area (Å²) < 4.78 is 0. The van der Waals surface area contributed by atoms with Gasteiger partial charge in [-0.3, -0.25) is 4.79 Å². The number of aromatic amines is 1. The van der Waals surface area contributed by atoms with Gasteiger partial charge in [0.05, 0.1) is 0 Å². The molecule has 0 saturated carbocycles. The molecule has 0 bridgehead atoms. The predicted octanol–water partition coefficient (Wildman–Crippen LogP) is 1.92. The summed E-state index contributed by atoms with van der Waals surface area (Å²) >= 11 is 0. The summed E-state index contributed by atoms with van der Waals surface area (Å²) in [5.74, 6) is -0.111. The maximum atomic E-state index is 12.0. The van der Waals surface area contributed by atoms with Crippen LogP contribution in [0.15, 0.2) is 30.5 Å². The number of aliphatic hydroxyl groups excluding tert-OH is 1. The Bertz CT molecular complexity index is 558. The zero-order chi connectivity index (χ0) is 13.2. The van der Waals surface area contributed by atoms with E-state index in [1.165, 1.54) is 0 Å². The fraction of sp³-hybridized carbons (Fsp3) is 0.357. The van der Waals surface area contributed by atoms with Gasteiger partial charge in [-0.25, -0.2) is 0 Å². The Balaban J connectivity index is 2.08. The molecule has 0 saturated heterocycles. The van der Waals surface area contributed by atoms with Gasteiger partial charge in [-0.05, 0) is 24.3 Å². The maximum Gasteiger partial charge on any atom is 0.251 e. The number of hydrogen-bond donors (Lipinski definition) is 3. The van der Waals surface area contributed by atoms with Crippen molar-refractivity contribution in [3.8, 4) is 0 Å². The van der Waals surface area contributed by atoms with Crippen molar-refractivity contribution >= 4 is 16.8 Å². The molecule has 0 fully saturated rings. The van der Waals surface area contributed by atoms with Gasteiger partial charge in [0.2, 0.25) is 0 Å². The average molecular weight is 246 g/mol. The van der Waals surface area contributed by atoms with Crippen molar-refractivity contribution < 1.29 is 9.90 Å². The van der Waals surface area contributed by atoms with E-state index in [2.05, 4.69) is 10.3 Å². The number of nitrogens with one attached hydrogen (secondary N) is 2. The number of aromatic nitrogens is 1. The molecule has 0 aliphatic carbocycles. The number of carbonyl (C=O) groups is 1. The van der Waals surface area contributed by atoms with Crippen LogP contribution in [0.3, 0.4) is 0 Å². The van der Waals surface area contributed by atoms with E-state index in [1.54, 1.807) is 6.07 Å². The van der Waals surface area contributed by atoms with Crippen LogP contribution in [0.5, 0.6) is 0 Å². The third-order valence-electron chi connectivity index (χ3n) is 2.97. The summed E-state index contributed by atoms with van der Waals surface area (Å²) in [5.41, 5.74) is 1.35. The van der Waals surface area contributed by atoms with E-state index < -0.39 is 0 Å². The molecule has 0 unspecified atom stereocenters. The van der Waals surface area contributed by atoms with Crippen LogP contribution in [-0.4, -0.2) is 29.1 Å². The molecule has 3 N–H and O–H groups in total. The van der Waals surface area contributed by atoms with E-state index in [1.807, 2.05) is 38.2 Å². The molecular weight excluding hydrogens is 228 g/mol. The number of benzene rings is 1. The lowest BCUT2D eigenvalue weighted by Gasteiger charge is -2.21. The van der Waals surface area contributed by atoms with Gasteiger partial charge in [0, 0.05) is 41.2 Å². The fourth-order valence-electron chi connectivity index (χ4n) is 1.67. The molecule has 4 heteroatoms. The highest BCUT2D eigenvalue weighted by Gasteiger charge is 2.18. The number of aliphatic hydroxyl groups is 1. The Morgan fingerprint density at radius 1 is 1.39 bits per heavy atom. The molecular formula is C14H18N2O2. The van der Waals surface area contributed by atoms with Crippen LogP contribution in [0, 0.1) is 5.41 Å². The lowest BCUT2D eigenvalue weighted by atomic mass is 9.95. The largest absolute Gasteiger partial charge is 0.396 e. The molecule has 0 aliphatic heterocycles. The summed E-state index contributed by atoms with van der Waals surface area (Å²) in [7, 11) is 0. The molecule has 0 spiro atoms. The molecule has 1 aromatic heterocycles. The summed E-state index contributed by atoms with van der Waals surface area (Å²) in [4.78, 5) is 15.1. The highest BCUT2D eigenvalue weighted by molar-refractivity contribution is 5.98. The highest BCUT2D eigenvalue weighted by atomic mass is 16.3. The van der Waals surface area contributed by atoms with E-state index in [0.29, 0.717) is 12.1 Å². The zero-order valence-electron chi connectivity index (χ0n) is 10.7. The standard InChI is InChI=1S/C14H18N2O2/c1-14(2,9-17)8-16-13(18)11-3-4-12-10(7-11)5-6-15-12/h3-7,15,17H,8-9H2,1-2H3,(H,16,18). The number of carbonyl (C=O) groups excluding carboxylic acids is 1. The molecule has 18 heavy (non-hydrogen) atoms. The van der Waals surface area contributed by atoms with Gasteiger partial charge < -0.3 is 15.4 Å². The molecule has 1 heterocycles. The number of hydrogen-bond acceptors (Lipinski definition) is 2. The molecule has 0 aliphatic rings. The second-order valence-electron chi connectivity index (χ2n) is 5.28. The lowest BCUT2D eigenvalue weighted by Crippen LogP contribution is -2.36. The third kappa shape index (κ3) is 2.71. The molecule has 0 radical (unpaired) electrons. The Hall–Kier alpha value is -1.81. The quantitative estimate of drug-likeness (QED) is 0.771. The first kappa shape index (κ1) is 12.6. The van der Waals surface area contributed by atoms with Gasteiger partial charge in [-0.15, -0.1) is 0 Å². The van der Waals surface area contributed by atoms with E-state index in [4.69, 9.17) is 5.11 Å². The van der Waals surface area contributed by atoms with Crippen molar-refractivity contribution in [2.75, 3.05) is 13.2 Å². The normalized spacial score (nSPS) is 11.7. The van der Waals surface area contributed by atoms with Crippen LogP contribution >= 0.6 is 0 Å². The molecule has 2 aromatic rings. The van der Waals surface area contributed by atoms with Crippen LogP contribution < -0.4 is 5.32 Å². The van der Waals surface area contributed by atoms with Crippen molar-refractivity contribution in [1.82, 2.24) is 10.3 Å². The monoisotopic (exact) mass is 246 g/mol. The average Bonchev–Trinajstić information content (AvgIpc) is 2.83. The van der Waals surface area contributed by atoms with Gasteiger partial charge >= 0.3 is 0 Å². The lowest BCUT2D eigenvalue weighted by molar-refractivity contribution is 0.0911. The number of rotatable bonds is 4. The van der Waals surface area contributed by atoms with Crippen LogP contribution in [0.1, 0.15) is 24.2 Å². The summed E-state index contributed by atoms with van der Waals surface area (Å²) in [6, 6.07) is 7.47. The van der Waals surface area contributed by atoms with Crippen LogP contribution in [0.4, 0.5) is 0 Å². The van der Waals surface area contributed by atoms with E-state index in [9.17, 15) is 4.79 Å². The molecule has 1 amide bonds. The Kier molecular flexibility index (Phi) is 3.39. The fourth-order valence-corrected chi connectivity index (χ4v) is 1.67. The summed E-state index contributed by atoms with van der Waals surface area (Å²) in [6.45, 7) is 4.31. The van der Waals surface area contributed by atoms with Crippen LogP contribution in [0.25, 0.3) is 10.9 Å². The zero-order valence-corrected chi connectivity index (χ0v) is 10.7. The number of fused-ring (bicyclic) bond motifs is 1. The summed E-state index contributed by atoms with van der Waals surface area (Å²) in [5, 5.41) is 13.0. The van der Waals surface area contributed by atoms with Crippen molar-refractivity contribution in [3.05, 3.63) is 36.0 Å². The number of H-pyrrole nitrogens is 1. The minimum atomic E-state index is -0.298. The summed E-state index contributed by atoms with van der Waals surface area (Å²) in [6.07, 6.45) is 1.85. The first-order chi connectivity index (χ1) is 8.52. The van der Waals surface area contributed by atoms with Gasteiger partial charge in [0.15, 0.2) is 0 Å². The maximum absolute atomic E-state index is 12.0. The van der Waals surface area contributed by atoms with Gasteiger partial charge in [0.1, 0.15) is 0 Å². The topological polar surface area (TPSA) is 65.1 Å². The van der Waals surface area contributed by atoms with Gasteiger partial charge in [0.25, 0.3) is 5.91 Å². The van der Waals surface area contributed by atoms with E-state index in [0.717, 1.165) is 10.9 Å². The highest BCUT2D eigenvalue weighted by Crippen LogP contribution is 2.15. The number of amides is 1. The molecule has 1 aromatic carbocycles. The molecule has 2 rings (SSSR count). The Morgan fingerprint density at radius 2 is 2.17 bits per heavy atom. The molecule has 96 valence electrons. The minimum Gasteiger partial charge on any atom is -0.396 e. The first-order valence-corrected chi connectivity index (χ1v) is 5.98. The minimum absolute atomic E-state index is 0.0458. The van der Waals surface area contributed by atoms with Crippen molar-refractivity contribution in [1.29, 1.82) is 0 Å². The second-order valence-corrected chi connectivity index (χ2v) is 5.28. The van der Waals surface area contributed by atoms with Crippen molar-refractivity contribution in [2.24, 2.45) is 5.41 Å². The van der Waals surface area contributed by atoms with Crippen LogP contribution in [-0.2, 0) is 0 Å². The van der Waals surface area contributed by atoms with E-state index >= 15 is 0 Å². The van der Waals surface area contributed by atoms with Crippen molar-refractivity contribution in [3.63, 3.8) is 0 Å². The SMILES string of the molecule is CC(C)(CO)CNC(=O)c1ccc2[nH]ccc2c1. The Morgan fingerprint density at radius 3 is 2.89 bits per heavy atom. The van der Waals surface area contributed by atoms with Crippen molar-refractivity contribution in [2.45, 2.75) is 13.8 Å². The molecule has 4 nitrogen and oxygen atoms in total. The molecule has 0 atom stereocenters. The smallest absolute Gasteiger partial charge is 0.251 e. The third-order valence-corrected chi connectivity index (χ3v) is 2.97. The predicted molar refractivity (Wildman–Crippen MR) is 71.5 cm³/mol. The van der Waals surface area contributed by atoms with Crippen LogP contribution in [0.2, 0.25) is 0 Å². The van der Waals surface area contributed by atoms with Gasteiger partial charge in [-0.1, -0.05) is 13.8 Å². The first-order valence-electron chi connectivity index (χ1n) is 5.98. The second kappa shape index (κ2) is 4.82.